The maximum absolute atomic E-state index is 12.1. The van der Waals surface area contributed by atoms with Gasteiger partial charge in [0.1, 0.15) is 5.76 Å². The first kappa shape index (κ1) is 13.6. The minimum absolute atomic E-state index is 0.0270. The van der Waals surface area contributed by atoms with Crippen molar-refractivity contribution >= 4 is 5.91 Å². The van der Waals surface area contributed by atoms with Crippen LogP contribution in [0.15, 0.2) is 10.6 Å². The van der Waals surface area contributed by atoms with Gasteiger partial charge in [0.25, 0.3) is 0 Å². The van der Waals surface area contributed by atoms with Gasteiger partial charge in [0.15, 0.2) is 0 Å². The number of ether oxygens (including phenoxy) is 1. The molecule has 0 unspecified atom stereocenters. The molecule has 6 heteroatoms. The van der Waals surface area contributed by atoms with Crippen LogP contribution in [-0.4, -0.2) is 54.4 Å². The number of hydrogen-bond donors (Lipinski definition) is 1. The number of carbonyl (C=O) groups is 1. The third-order valence-corrected chi connectivity index (χ3v) is 4.02. The first-order valence-electron chi connectivity index (χ1n) is 7.26. The Hall–Kier alpha value is -1.40. The highest BCUT2D eigenvalue weighted by Crippen LogP contribution is 2.19. The first-order valence-corrected chi connectivity index (χ1v) is 7.26. The fourth-order valence-electron chi connectivity index (χ4n) is 3.03. The summed E-state index contributed by atoms with van der Waals surface area (Å²) in [5.74, 6) is 0.581. The molecule has 0 spiro atoms. The monoisotopic (exact) mass is 279 g/mol. The van der Waals surface area contributed by atoms with Crippen molar-refractivity contribution in [3.63, 3.8) is 0 Å². The van der Waals surface area contributed by atoms with Crippen molar-refractivity contribution in [2.24, 2.45) is 0 Å². The molecule has 1 N–H and O–H groups in total. The van der Waals surface area contributed by atoms with Crippen LogP contribution >= 0.6 is 0 Å². The molecule has 0 aromatic carbocycles. The number of amides is 1. The molecule has 2 atom stereocenters. The van der Waals surface area contributed by atoms with Gasteiger partial charge in [-0.2, -0.15) is 0 Å². The molecule has 110 valence electrons. The zero-order chi connectivity index (χ0) is 13.9. The van der Waals surface area contributed by atoms with Gasteiger partial charge in [-0.15, -0.1) is 0 Å². The Morgan fingerprint density at radius 2 is 2.25 bits per heavy atom. The third kappa shape index (κ3) is 3.02. The third-order valence-electron chi connectivity index (χ3n) is 4.02. The maximum Gasteiger partial charge on any atom is 0.228 e. The lowest BCUT2D eigenvalue weighted by Gasteiger charge is -2.27. The number of hydrogen-bond acceptors (Lipinski definition) is 5. The van der Waals surface area contributed by atoms with E-state index in [1.54, 1.807) is 6.07 Å². The van der Waals surface area contributed by atoms with E-state index in [-0.39, 0.29) is 18.4 Å². The summed E-state index contributed by atoms with van der Waals surface area (Å²) in [5, 5.41) is 6.86. The Labute approximate surface area is 118 Å². The molecule has 2 aliphatic heterocycles. The summed E-state index contributed by atoms with van der Waals surface area (Å²) >= 11 is 0. The highest BCUT2D eigenvalue weighted by Gasteiger charge is 2.35. The molecule has 0 radical (unpaired) electrons. The second-order valence-corrected chi connectivity index (χ2v) is 5.63. The highest BCUT2D eigenvalue weighted by atomic mass is 16.5. The Balaban J connectivity index is 1.54. The quantitative estimate of drug-likeness (QED) is 0.869. The van der Waals surface area contributed by atoms with Crippen molar-refractivity contribution < 1.29 is 14.1 Å². The van der Waals surface area contributed by atoms with E-state index in [1.807, 2.05) is 6.92 Å². The van der Waals surface area contributed by atoms with Crippen molar-refractivity contribution in [2.45, 2.75) is 38.3 Å². The predicted molar refractivity (Wildman–Crippen MR) is 72.3 cm³/mol. The average Bonchev–Trinajstić information content (AvgIpc) is 3.10. The molecule has 1 aromatic heterocycles. The molecule has 3 rings (SSSR count). The van der Waals surface area contributed by atoms with Crippen molar-refractivity contribution in [2.75, 3.05) is 26.3 Å². The van der Waals surface area contributed by atoms with Crippen molar-refractivity contribution in [1.82, 2.24) is 15.4 Å². The summed E-state index contributed by atoms with van der Waals surface area (Å²) in [7, 11) is 0. The molecule has 0 aliphatic carbocycles. The maximum atomic E-state index is 12.1. The molecule has 0 saturated carbocycles. The van der Waals surface area contributed by atoms with Crippen LogP contribution in [0.25, 0.3) is 0 Å². The summed E-state index contributed by atoms with van der Waals surface area (Å²) in [5.41, 5.74) is 0.798. The Morgan fingerprint density at radius 1 is 1.45 bits per heavy atom. The van der Waals surface area contributed by atoms with E-state index >= 15 is 0 Å². The van der Waals surface area contributed by atoms with Crippen LogP contribution in [0.3, 0.4) is 0 Å². The van der Waals surface area contributed by atoms with Crippen molar-refractivity contribution in [1.29, 1.82) is 0 Å². The number of likely N-dealkylation sites (tertiary alicyclic amines) is 1. The molecule has 1 aromatic rings. The topological polar surface area (TPSA) is 67.6 Å². The van der Waals surface area contributed by atoms with Crippen LogP contribution in [-0.2, 0) is 16.0 Å². The summed E-state index contributed by atoms with van der Waals surface area (Å²) < 4.78 is 10.6. The number of nitrogens with one attached hydrogen (secondary N) is 1. The Bertz CT molecular complexity index is 468. The summed E-state index contributed by atoms with van der Waals surface area (Å²) in [6.45, 7) is 5.39. The van der Waals surface area contributed by atoms with Gasteiger partial charge in [-0.3, -0.25) is 9.69 Å². The van der Waals surface area contributed by atoms with E-state index in [1.165, 1.54) is 12.8 Å². The number of nitrogens with zero attached hydrogens (tertiary/aromatic N) is 2. The standard InChI is InChI=1S/C14H21N3O3/c1-10-6-11(20-16-10)7-14(18)15-12-8-19-9-13(12)17-4-2-3-5-17/h6,12-13H,2-5,7-9H2,1H3,(H,15,18)/t12-,13-/m0/s1. The number of aryl methyl sites for hydroxylation is 1. The van der Waals surface area contributed by atoms with Gasteiger partial charge in [-0.05, 0) is 32.9 Å². The zero-order valence-electron chi connectivity index (χ0n) is 11.8. The highest BCUT2D eigenvalue weighted by molar-refractivity contribution is 5.78. The number of aromatic nitrogens is 1. The minimum atomic E-state index is -0.0270. The van der Waals surface area contributed by atoms with E-state index in [0.29, 0.717) is 25.0 Å². The van der Waals surface area contributed by atoms with Crippen LogP contribution in [0.4, 0.5) is 0 Å². The van der Waals surface area contributed by atoms with Crippen LogP contribution in [0.2, 0.25) is 0 Å². The van der Waals surface area contributed by atoms with Crippen LogP contribution in [0.1, 0.15) is 24.3 Å². The normalized spacial score (nSPS) is 27.1. The molecule has 2 fully saturated rings. The zero-order valence-corrected chi connectivity index (χ0v) is 11.8. The van der Waals surface area contributed by atoms with E-state index < -0.39 is 0 Å². The number of rotatable bonds is 4. The van der Waals surface area contributed by atoms with Gasteiger partial charge in [-0.1, -0.05) is 5.16 Å². The van der Waals surface area contributed by atoms with Gasteiger partial charge >= 0.3 is 0 Å². The molecular formula is C14H21N3O3. The Morgan fingerprint density at radius 3 is 2.95 bits per heavy atom. The summed E-state index contributed by atoms with van der Waals surface area (Å²) in [6, 6.07) is 2.20. The first-order chi connectivity index (χ1) is 9.72. The van der Waals surface area contributed by atoms with Gasteiger partial charge in [-0.25, -0.2) is 0 Å². The molecule has 2 saturated heterocycles. The molecule has 0 bridgehead atoms. The van der Waals surface area contributed by atoms with E-state index in [9.17, 15) is 4.79 Å². The van der Waals surface area contributed by atoms with Gasteiger partial charge in [0, 0.05) is 6.07 Å². The molecule has 1 amide bonds. The van der Waals surface area contributed by atoms with Crippen LogP contribution in [0.5, 0.6) is 0 Å². The van der Waals surface area contributed by atoms with Crippen molar-refractivity contribution in [3.8, 4) is 0 Å². The second-order valence-electron chi connectivity index (χ2n) is 5.63. The molecule has 20 heavy (non-hydrogen) atoms. The second kappa shape index (κ2) is 5.93. The summed E-state index contributed by atoms with van der Waals surface area (Å²) in [4.78, 5) is 14.5. The van der Waals surface area contributed by atoms with Crippen LogP contribution in [0, 0.1) is 6.92 Å². The molecule has 6 nitrogen and oxygen atoms in total. The number of carbonyl (C=O) groups excluding carboxylic acids is 1. The largest absolute Gasteiger partial charge is 0.378 e. The molecular weight excluding hydrogens is 258 g/mol. The molecule has 3 heterocycles. The SMILES string of the molecule is Cc1cc(CC(=O)N[C@H]2COC[C@@H]2N2CCCC2)on1. The molecule has 2 aliphatic rings. The van der Waals surface area contributed by atoms with E-state index in [4.69, 9.17) is 9.26 Å². The lowest BCUT2D eigenvalue weighted by Crippen LogP contribution is -2.50. The van der Waals surface area contributed by atoms with Gasteiger partial charge in [0.05, 0.1) is 37.4 Å². The van der Waals surface area contributed by atoms with Gasteiger partial charge in [0.2, 0.25) is 5.91 Å². The van der Waals surface area contributed by atoms with E-state index in [0.717, 1.165) is 18.8 Å². The lowest BCUT2D eigenvalue weighted by atomic mass is 10.1. The Kier molecular flexibility index (Phi) is 4.03. The lowest BCUT2D eigenvalue weighted by molar-refractivity contribution is -0.121. The van der Waals surface area contributed by atoms with Crippen LogP contribution < -0.4 is 5.32 Å². The average molecular weight is 279 g/mol. The predicted octanol–water partition coefficient (Wildman–Crippen LogP) is 0.505. The fourth-order valence-corrected chi connectivity index (χ4v) is 3.03. The smallest absolute Gasteiger partial charge is 0.228 e. The minimum Gasteiger partial charge on any atom is -0.378 e. The van der Waals surface area contributed by atoms with Crippen molar-refractivity contribution in [3.05, 3.63) is 17.5 Å². The summed E-state index contributed by atoms with van der Waals surface area (Å²) in [6.07, 6.45) is 2.73. The van der Waals surface area contributed by atoms with E-state index in [2.05, 4.69) is 15.4 Å². The fraction of sp³-hybridized carbons (Fsp3) is 0.714. The van der Waals surface area contributed by atoms with Gasteiger partial charge < -0.3 is 14.6 Å².